The molecule has 0 aliphatic heterocycles. The minimum atomic E-state index is -0.327. The molecule has 1 amide bonds. The molecule has 0 bridgehead atoms. The predicted molar refractivity (Wildman–Crippen MR) is 59.7 cm³/mol. The molecule has 0 fully saturated rings. The average molecular weight is 211 g/mol. The van der Waals surface area contributed by atoms with Crippen molar-refractivity contribution in [2.75, 3.05) is 6.54 Å². The predicted octanol–water partition coefficient (Wildman–Crippen LogP) is 1.49. The van der Waals surface area contributed by atoms with Crippen LogP contribution in [0.25, 0.3) is 10.9 Å². The molecule has 2 rings (SSSR count). The molecule has 1 heterocycles. The molecule has 0 atom stereocenters. The Hall–Kier alpha value is -2.41. The topological polar surface area (TPSA) is 65.8 Å². The lowest BCUT2D eigenvalue weighted by molar-refractivity contribution is 0.0954. The van der Waals surface area contributed by atoms with E-state index in [-0.39, 0.29) is 12.5 Å². The van der Waals surface area contributed by atoms with Crippen LogP contribution in [-0.2, 0) is 0 Å². The molecule has 0 spiro atoms. The first kappa shape index (κ1) is 10.1. The Balaban J connectivity index is 2.33. The fourth-order valence-corrected chi connectivity index (χ4v) is 1.40. The first-order chi connectivity index (χ1) is 7.81. The van der Waals surface area contributed by atoms with Gasteiger partial charge in [-0.1, -0.05) is 24.3 Å². The Morgan fingerprint density at radius 2 is 2.12 bits per heavy atom. The third-order valence-electron chi connectivity index (χ3n) is 2.16. The Bertz CT molecular complexity index is 572. The number of carbonyl (C=O) groups is 1. The van der Waals surface area contributed by atoms with Crippen molar-refractivity contribution in [1.82, 2.24) is 10.3 Å². The Kier molecular flexibility index (Phi) is 2.79. The number of pyridine rings is 1. The lowest BCUT2D eigenvalue weighted by Crippen LogP contribution is -2.24. The highest BCUT2D eigenvalue weighted by molar-refractivity contribution is 5.94. The largest absolute Gasteiger partial charge is 0.338 e. The second-order valence-corrected chi connectivity index (χ2v) is 3.23. The third kappa shape index (κ3) is 1.98. The van der Waals surface area contributed by atoms with E-state index in [4.69, 9.17) is 5.26 Å². The molecule has 1 aromatic carbocycles. The van der Waals surface area contributed by atoms with Crippen molar-refractivity contribution < 1.29 is 4.79 Å². The van der Waals surface area contributed by atoms with E-state index in [1.807, 2.05) is 36.4 Å². The van der Waals surface area contributed by atoms with Crippen LogP contribution in [0.5, 0.6) is 0 Å². The molecule has 0 aliphatic carbocycles. The van der Waals surface area contributed by atoms with E-state index in [0.29, 0.717) is 5.69 Å². The van der Waals surface area contributed by atoms with Gasteiger partial charge in [0.25, 0.3) is 5.91 Å². The number of rotatable bonds is 2. The summed E-state index contributed by atoms with van der Waals surface area (Å²) in [6.07, 6.45) is 0. The first-order valence-corrected chi connectivity index (χ1v) is 4.82. The summed E-state index contributed by atoms with van der Waals surface area (Å²) in [6, 6.07) is 12.9. The van der Waals surface area contributed by atoms with Crippen LogP contribution in [0.3, 0.4) is 0 Å². The molecular formula is C12H9N3O. The van der Waals surface area contributed by atoms with Gasteiger partial charge in [0.2, 0.25) is 0 Å². The number of carbonyl (C=O) groups excluding carboxylic acids is 1. The van der Waals surface area contributed by atoms with Crippen LogP contribution in [0.4, 0.5) is 0 Å². The van der Waals surface area contributed by atoms with Crippen molar-refractivity contribution in [3.63, 3.8) is 0 Å². The highest BCUT2D eigenvalue weighted by Crippen LogP contribution is 2.11. The van der Waals surface area contributed by atoms with Gasteiger partial charge < -0.3 is 5.32 Å². The zero-order chi connectivity index (χ0) is 11.4. The SMILES string of the molecule is N#CCNC(=O)c1ccc2ccccc2n1. The molecule has 16 heavy (non-hydrogen) atoms. The lowest BCUT2D eigenvalue weighted by Gasteiger charge is -2.01. The molecule has 0 saturated carbocycles. The Morgan fingerprint density at radius 1 is 1.31 bits per heavy atom. The number of hydrogen-bond donors (Lipinski definition) is 1. The monoisotopic (exact) mass is 211 g/mol. The Morgan fingerprint density at radius 3 is 2.94 bits per heavy atom. The molecule has 0 aliphatic rings. The van der Waals surface area contributed by atoms with E-state index in [2.05, 4.69) is 10.3 Å². The van der Waals surface area contributed by atoms with E-state index in [0.717, 1.165) is 10.9 Å². The van der Waals surface area contributed by atoms with Crippen molar-refractivity contribution in [2.24, 2.45) is 0 Å². The number of fused-ring (bicyclic) bond motifs is 1. The summed E-state index contributed by atoms with van der Waals surface area (Å²) in [4.78, 5) is 15.7. The maximum absolute atomic E-state index is 11.5. The molecule has 0 saturated heterocycles. The van der Waals surface area contributed by atoms with E-state index < -0.39 is 0 Å². The van der Waals surface area contributed by atoms with Gasteiger partial charge in [0, 0.05) is 5.39 Å². The second-order valence-electron chi connectivity index (χ2n) is 3.23. The van der Waals surface area contributed by atoms with Crippen LogP contribution >= 0.6 is 0 Å². The van der Waals surface area contributed by atoms with Crippen LogP contribution in [0.1, 0.15) is 10.5 Å². The quantitative estimate of drug-likeness (QED) is 0.765. The number of amides is 1. The Labute approximate surface area is 92.5 Å². The number of para-hydroxylation sites is 1. The standard InChI is InChI=1S/C12H9N3O/c13-7-8-14-12(16)11-6-5-9-3-1-2-4-10(9)15-11/h1-6H,8H2,(H,14,16). The number of aromatic nitrogens is 1. The van der Waals surface area contributed by atoms with E-state index in [1.165, 1.54) is 0 Å². The third-order valence-corrected chi connectivity index (χ3v) is 2.16. The van der Waals surface area contributed by atoms with E-state index in [9.17, 15) is 4.79 Å². The summed E-state index contributed by atoms with van der Waals surface area (Å²) >= 11 is 0. The second kappa shape index (κ2) is 4.41. The van der Waals surface area contributed by atoms with Crippen LogP contribution in [-0.4, -0.2) is 17.4 Å². The highest BCUT2D eigenvalue weighted by Gasteiger charge is 2.06. The summed E-state index contributed by atoms with van der Waals surface area (Å²) in [7, 11) is 0. The van der Waals surface area contributed by atoms with Crippen LogP contribution < -0.4 is 5.32 Å². The van der Waals surface area contributed by atoms with Gasteiger partial charge in [0.15, 0.2) is 0 Å². The van der Waals surface area contributed by atoms with E-state index >= 15 is 0 Å². The fraction of sp³-hybridized carbons (Fsp3) is 0.0833. The summed E-state index contributed by atoms with van der Waals surface area (Å²) in [5, 5.41) is 11.8. The van der Waals surface area contributed by atoms with Gasteiger partial charge >= 0.3 is 0 Å². The molecule has 78 valence electrons. The molecule has 0 unspecified atom stereocenters. The number of nitrogens with one attached hydrogen (secondary N) is 1. The van der Waals surface area contributed by atoms with Gasteiger partial charge in [0.05, 0.1) is 11.6 Å². The molecular weight excluding hydrogens is 202 g/mol. The van der Waals surface area contributed by atoms with Crippen molar-refractivity contribution >= 4 is 16.8 Å². The lowest BCUT2D eigenvalue weighted by atomic mass is 10.2. The van der Waals surface area contributed by atoms with Gasteiger partial charge in [-0.3, -0.25) is 4.79 Å². The van der Waals surface area contributed by atoms with Crippen molar-refractivity contribution in [3.8, 4) is 6.07 Å². The summed E-state index contributed by atoms with van der Waals surface area (Å²) in [6.45, 7) is -0.00661. The van der Waals surface area contributed by atoms with Crippen LogP contribution in [0.15, 0.2) is 36.4 Å². The number of nitriles is 1. The fourth-order valence-electron chi connectivity index (χ4n) is 1.40. The number of hydrogen-bond acceptors (Lipinski definition) is 3. The maximum Gasteiger partial charge on any atom is 0.270 e. The van der Waals surface area contributed by atoms with Gasteiger partial charge in [-0.25, -0.2) is 4.98 Å². The van der Waals surface area contributed by atoms with Gasteiger partial charge in [-0.2, -0.15) is 5.26 Å². The normalized spacial score (nSPS) is 9.69. The molecule has 0 radical (unpaired) electrons. The minimum Gasteiger partial charge on any atom is -0.338 e. The van der Waals surface area contributed by atoms with Crippen molar-refractivity contribution in [2.45, 2.75) is 0 Å². The molecule has 1 N–H and O–H groups in total. The van der Waals surface area contributed by atoms with Gasteiger partial charge in [-0.15, -0.1) is 0 Å². The van der Waals surface area contributed by atoms with Crippen LogP contribution in [0.2, 0.25) is 0 Å². The molecule has 1 aromatic heterocycles. The molecule has 2 aromatic rings. The maximum atomic E-state index is 11.5. The van der Waals surface area contributed by atoms with Gasteiger partial charge in [-0.05, 0) is 12.1 Å². The van der Waals surface area contributed by atoms with E-state index in [1.54, 1.807) is 6.07 Å². The summed E-state index contributed by atoms with van der Waals surface area (Å²) < 4.78 is 0. The average Bonchev–Trinajstić information content (AvgIpc) is 2.35. The number of benzene rings is 1. The molecule has 4 heteroatoms. The summed E-state index contributed by atoms with van der Waals surface area (Å²) in [5.41, 5.74) is 1.10. The first-order valence-electron chi connectivity index (χ1n) is 4.82. The van der Waals surface area contributed by atoms with Gasteiger partial charge in [0.1, 0.15) is 12.2 Å². The smallest absolute Gasteiger partial charge is 0.270 e. The summed E-state index contributed by atoms with van der Waals surface area (Å²) in [5.74, 6) is -0.327. The molecule has 4 nitrogen and oxygen atoms in total. The van der Waals surface area contributed by atoms with Crippen LogP contribution in [0, 0.1) is 11.3 Å². The number of nitrogens with zero attached hydrogens (tertiary/aromatic N) is 2. The van der Waals surface area contributed by atoms with Crippen molar-refractivity contribution in [3.05, 3.63) is 42.1 Å². The zero-order valence-corrected chi connectivity index (χ0v) is 8.47. The highest BCUT2D eigenvalue weighted by atomic mass is 16.1. The van der Waals surface area contributed by atoms with Crippen molar-refractivity contribution in [1.29, 1.82) is 5.26 Å². The minimum absolute atomic E-state index is 0.00661. The zero-order valence-electron chi connectivity index (χ0n) is 8.47.